The van der Waals surface area contributed by atoms with Crippen molar-refractivity contribution >= 4 is 0 Å². The summed E-state index contributed by atoms with van der Waals surface area (Å²) in [7, 11) is 1.97. The van der Waals surface area contributed by atoms with Crippen molar-refractivity contribution in [1.29, 1.82) is 0 Å². The van der Waals surface area contributed by atoms with E-state index in [4.69, 9.17) is 0 Å². The van der Waals surface area contributed by atoms with Crippen molar-refractivity contribution < 1.29 is 0 Å². The first-order chi connectivity index (χ1) is 8.29. The van der Waals surface area contributed by atoms with Gasteiger partial charge in [0.15, 0.2) is 0 Å². The number of pyridine rings is 1. The van der Waals surface area contributed by atoms with E-state index < -0.39 is 0 Å². The standard InChI is InChI=1S/C15H18N2/c1-12-5-6-14(10-16-2)9-15(12)8-13-4-3-7-17-11-13/h3-7,9,11,16H,8,10H2,1-2H3. The molecule has 0 unspecified atom stereocenters. The highest BCUT2D eigenvalue weighted by Gasteiger charge is 2.02. The Labute approximate surface area is 103 Å². The smallest absolute Gasteiger partial charge is 0.0303 e. The van der Waals surface area contributed by atoms with Crippen LogP contribution in [0.25, 0.3) is 0 Å². The van der Waals surface area contributed by atoms with Crippen LogP contribution < -0.4 is 5.32 Å². The fourth-order valence-electron chi connectivity index (χ4n) is 1.95. The van der Waals surface area contributed by atoms with Gasteiger partial charge in [0.25, 0.3) is 0 Å². The zero-order chi connectivity index (χ0) is 12.1. The van der Waals surface area contributed by atoms with Crippen LogP contribution in [0.2, 0.25) is 0 Å². The second kappa shape index (κ2) is 5.60. The lowest BCUT2D eigenvalue weighted by Gasteiger charge is -2.08. The molecular formula is C15H18N2. The zero-order valence-corrected chi connectivity index (χ0v) is 10.4. The molecule has 0 atom stereocenters. The summed E-state index contributed by atoms with van der Waals surface area (Å²) >= 11 is 0. The van der Waals surface area contributed by atoms with Crippen molar-refractivity contribution in [2.24, 2.45) is 0 Å². The van der Waals surface area contributed by atoms with Crippen LogP contribution >= 0.6 is 0 Å². The molecule has 1 N–H and O–H groups in total. The van der Waals surface area contributed by atoms with Gasteiger partial charge in [0.1, 0.15) is 0 Å². The van der Waals surface area contributed by atoms with E-state index >= 15 is 0 Å². The number of hydrogen-bond acceptors (Lipinski definition) is 2. The largest absolute Gasteiger partial charge is 0.316 e. The average Bonchev–Trinajstić information content (AvgIpc) is 2.35. The molecule has 0 bridgehead atoms. The van der Waals surface area contributed by atoms with Gasteiger partial charge in [-0.1, -0.05) is 24.3 Å². The maximum Gasteiger partial charge on any atom is 0.0303 e. The Balaban J connectivity index is 2.22. The number of aromatic nitrogens is 1. The van der Waals surface area contributed by atoms with E-state index in [0.717, 1.165) is 13.0 Å². The summed E-state index contributed by atoms with van der Waals surface area (Å²) in [4.78, 5) is 4.16. The first-order valence-corrected chi connectivity index (χ1v) is 5.91. The Kier molecular flexibility index (Phi) is 3.89. The minimum atomic E-state index is 0.917. The van der Waals surface area contributed by atoms with Crippen LogP contribution in [0, 0.1) is 6.92 Å². The van der Waals surface area contributed by atoms with Crippen molar-refractivity contribution in [2.75, 3.05) is 7.05 Å². The molecular weight excluding hydrogens is 208 g/mol. The summed E-state index contributed by atoms with van der Waals surface area (Å²) in [5.41, 5.74) is 5.31. The van der Waals surface area contributed by atoms with E-state index in [9.17, 15) is 0 Å². The number of benzene rings is 1. The molecule has 2 heteroatoms. The molecule has 0 saturated heterocycles. The van der Waals surface area contributed by atoms with Crippen LogP contribution in [-0.2, 0) is 13.0 Å². The van der Waals surface area contributed by atoms with E-state index in [-0.39, 0.29) is 0 Å². The summed E-state index contributed by atoms with van der Waals surface area (Å²) in [6, 6.07) is 10.8. The van der Waals surface area contributed by atoms with Crippen molar-refractivity contribution in [3.8, 4) is 0 Å². The molecule has 0 fully saturated rings. The number of nitrogens with zero attached hydrogens (tertiary/aromatic N) is 1. The second-order valence-electron chi connectivity index (χ2n) is 4.33. The second-order valence-corrected chi connectivity index (χ2v) is 4.33. The molecule has 2 nitrogen and oxygen atoms in total. The highest BCUT2D eigenvalue weighted by Crippen LogP contribution is 2.15. The van der Waals surface area contributed by atoms with E-state index in [1.54, 1.807) is 0 Å². The number of hydrogen-bond donors (Lipinski definition) is 1. The summed E-state index contributed by atoms with van der Waals surface area (Å²) in [6.45, 7) is 3.08. The molecule has 2 aromatic rings. The van der Waals surface area contributed by atoms with E-state index in [2.05, 4.69) is 41.5 Å². The van der Waals surface area contributed by atoms with E-state index in [1.165, 1.54) is 22.3 Å². The van der Waals surface area contributed by atoms with Gasteiger partial charge < -0.3 is 5.32 Å². The molecule has 0 amide bonds. The Morgan fingerprint density at radius 1 is 1.18 bits per heavy atom. The molecule has 2 rings (SSSR count). The Bertz CT molecular complexity index is 478. The molecule has 0 aliphatic heterocycles. The lowest BCUT2D eigenvalue weighted by molar-refractivity contribution is 0.815. The summed E-state index contributed by atoms with van der Waals surface area (Å²) in [6.07, 6.45) is 4.70. The Morgan fingerprint density at radius 2 is 2.06 bits per heavy atom. The van der Waals surface area contributed by atoms with Gasteiger partial charge in [0.05, 0.1) is 0 Å². The van der Waals surface area contributed by atoms with E-state index in [1.807, 2.05) is 25.5 Å². The monoisotopic (exact) mass is 226 g/mol. The maximum absolute atomic E-state index is 4.16. The van der Waals surface area contributed by atoms with Gasteiger partial charge in [0, 0.05) is 18.9 Å². The third-order valence-corrected chi connectivity index (χ3v) is 2.91. The first kappa shape index (κ1) is 11.8. The fourth-order valence-corrected chi connectivity index (χ4v) is 1.95. The molecule has 1 aromatic heterocycles. The normalized spacial score (nSPS) is 10.5. The van der Waals surface area contributed by atoms with Crippen LogP contribution in [0.5, 0.6) is 0 Å². The summed E-state index contributed by atoms with van der Waals surface area (Å²) < 4.78 is 0. The predicted octanol–water partition coefficient (Wildman–Crippen LogP) is 2.70. The van der Waals surface area contributed by atoms with Crippen LogP contribution in [0.15, 0.2) is 42.7 Å². The topological polar surface area (TPSA) is 24.9 Å². The van der Waals surface area contributed by atoms with Gasteiger partial charge in [0.2, 0.25) is 0 Å². The molecule has 0 radical (unpaired) electrons. The quantitative estimate of drug-likeness (QED) is 0.867. The molecule has 0 aliphatic carbocycles. The van der Waals surface area contributed by atoms with Crippen molar-refractivity contribution in [3.63, 3.8) is 0 Å². The first-order valence-electron chi connectivity index (χ1n) is 5.91. The lowest BCUT2D eigenvalue weighted by atomic mass is 9.99. The lowest BCUT2D eigenvalue weighted by Crippen LogP contribution is -2.06. The fraction of sp³-hybridized carbons (Fsp3) is 0.267. The molecule has 0 aliphatic rings. The van der Waals surface area contributed by atoms with Gasteiger partial charge in [-0.05, 0) is 48.7 Å². The van der Waals surface area contributed by atoms with Gasteiger partial charge in [-0.15, -0.1) is 0 Å². The summed E-state index contributed by atoms with van der Waals surface area (Å²) in [5.74, 6) is 0. The summed E-state index contributed by atoms with van der Waals surface area (Å²) in [5, 5.41) is 3.18. The minimum absolute atomic E-state index is 0.917. The third-order valence-electron chi connectivity index (χ3n) is 2.91. The molecule has 1 heterocycles. The molecule has 0 spiro atoms. The van der Waals surface area contributed by atoms with Gasteiger partial charge in [-0.25, -0.2) is 0 Å². The Morgan fingerprint density at radius 3 is 2.76 bits per heavy atom. The van der Waals surface area contributed by atoms with E-state index in [0.29, 0.717) is 0 Å². The average molecular weight is 226 g/mol. The van der Waals surface area contributed by atoms with Crippen LogP contribution in [0.3, 0.4) is 0 Å². The molecule has 1 aromatic carbocycles. The highest BCUT2D eigenvalue weighted by molar-refractivity contribution is 5.34. The molecule has 17 heavy (non-hydrogen) atoms. The third kappa shape index (κ3) is 3.14. The van der Waals surface area contributed by atoms with Crippen molar-refractivity contribution in [2.45, 2.75) is 19.9 Å². The zero-order valence-electron chi connectivity index (χ0n) is 10.4. The predicted molar refractivity (Wildman–Crippen MR) is 71.0 cm³/mol. The molecule has 0 saturated carbocycles. The number of nitrogens with one attached hydrogen (secondary N) is 1. The van der Waals surface area contributed by atoms with Gasteiger partial charge in [-0.2, -0.15) is 0 Å². The highest BCUT2D eigenvalue weighted by atomic mass is 14.8. The minimum Gasteiger partial charge on any atom is -0.316 e. The van der Waals surface area contributed by atoms with Crippen LogP contribution in [-0.4, -0.2) is 12.0 Å². The van der Waals surface area contributed by atoms with Crippen LogP contribution in [0.1, 0.15) is 22.3 Å². The van der Waals surface area contributed by atoms with Gasteiger partial charge in [-0.3, -0.25) is 4.98 Å². The van der Waals surface area contributed by atoms with Crippen LogP contribution in [0.4, 0.5) is 0 Å². The number of rotatable bonds is 4. The van der Waals surface area contributed by atoms with Gasteiger partial charge >= 0.3 is 0 Å². The Hall–Kier alpha value is -1.67. The SMILES string of the molecule is CNCc1ccc(C)c(Cc2cccnc2)c1. The maximum atomic E-state index is 4.16. The van der Waals surface area contributed by atoms with Crippen molar-refractivity contribution in [3.05, 3.63) is 65.0 Å². The number of aryl methyl sites for hydroxylation is 1. The molecule has 88 valence electrons. The van der Waals surface area contributed by atoms with Crippen molar-refractivity contribution in [1.82, 2.24) is 10.3 Å².